The van der Waals surface area contributed by atoms with Crippen LogP contribution in [-0.2, 0) is 4.74 Å². The number of hydrogen-bond acceptors (Lipinski definition) is 5. The van der Waals surface area contributed by atoms with Crippen molar-refractivity contribution < 1.29 is 29.3 Å². The first-order chi connectivity index (χ1) is 12.3. The minimum absolute atomic E-state index is 0.0244. The quantitative estimate of drug-likeness (QED) is 0.290. The molecule has 0 radical (unpaired) electrons. The zero-order chi connectivity index (χ0) is 19.3. The smallest absolute Gasteiger partial charge is 0.342 e. The summed E-state index contributed by atoms with van der Waals surface area (Å²) in [5.41, 5.74) is 0.918. The second-order valence-electron chi connectivity index (χ2n) is 5.04. The maximum atomic E-state index is 12.1. The SMILES string of the molecule is C=Cc1ccc(O)c(C(=O)OCCOc2c(I)cc(C(=O)O)cc2I)c1. The third-order valence-electron chi connectivity index (χ3n) is 3.28. The summed E-state index contributed by atoms with van der Waals surface area (Å²) >= 11 is 3.98. The van der Waals surface area contributed by atoms with Gasteiger partial charge in [0.25, 0.3) is 0 Å². The number of aromatic carboxylic acids is 1. The van der Waals surface area contributed by atoms with Gasteiger partial charge in [0.15, 0.2) is 0 Å². The minimum Gasteiger partial charge on any atom is -0.507 e. The normalized spacial score (nSPS) is 10.2. The number of rotatable bonds is 7. The predicted molar refractivity (Wildman–Crippen MR) is 113 cm³/mol. The highest BCUT2D eigenvalue weighted by atomic mass is 127. The monoisotopic (exact) mass is 580 g/mol. The maximum absolute atomic E-state index is 12.1. The number of benzene rings is 2. The molecule has 0 heterocycles. The van der Waals surface area contributed by atoms with E-state index in [1.807, 2.05) is 45.2 Å². The zero-order valence-corrected chi connectivity index (χ0v) is 17.7. The summed E-state index contributed by atoms with van der Waals surface area (Å²) < 4.78 is 12.0. The average Bonchev–Trinajstić information content (AvgIpc) is 2.60. The molecular formula is C18H14I2O6. The van der Waals surface area contributed by atoms with Crippen molar-refractivity contribution in [1.29, 1.82) is 0 Å². The molecule has 2 N–H and O–H groups in total. The number of carbonyl (C=O) groups is 2. The van der Waals surface area contributed by atoms with Gasteiger partial charge in [-0.25, -0.2) is 9.59 Å². The Balaban J connectivity index is 1.96. The van der Waals surface area contributed by atoms with Crippen LogP contribution in [0.15, 0.2) is 36.9 Å². The van der Waals surface area contributed by atoms with Crippen LogP contribution in [0.3, 0.4) is 0 Å². The largest absolute Gasteiger partial charge is 0.507 e. The van der Waals surface area contributed by atoms with E-state index < -0.39 is 11.9 Å². The first-order valence-electron chi connectivity index (χ1n) is 7.31. The fourth-order valence-electron chi connectivity index (χ4n) is 2.02. The van der Waals surface area contributed by atoms with Gasteiger partial charge in [-0.1, -0.05) is 18.7 Å². The van der Waals surface area contributed by atoms with Crippen LogP contribution in [0.1, 0.15) is 26.3 Å². The molecule has 0 bridgehead atoms. The van der Waals surface area contributed by atoms with Crippen molar-refractivity contribution in [3.63, 3.8) is 0 Å². The van der Waals surface area contributed by atoms with E-state index in [9.17, 15) is 14.7 Å². The number of carbonyl (C=O) groups excluding carboxylic acids is 1. The van der Waals surface area contributed by atoms with E-state index in [0.29, 0.717) is 18.5 Å². The molecule has 0 atom stereocenters. The lowest BCUT2D eigenvalue weighted by Gasteiger charge is -2.12. The molecule has 0 saturated carbocycles. The van der Waals surface area contributed by atoms with Gasteiger partial charge in [-0.3, -0.25) is 0 Å². The van der Waals surface area contributed by atoms with Gasteiger partial charge in [-0.2, -0.15) is 0 Å². The molecule has 0 saturated heterocycles. The minimum atomic E-state index is -1.01. The highest BCUT2D eigenvalue weighted by Crippen LogP contribution is 2.29. The Morgan fingerprint density at radius 2 is 1.77 bits per heavy atom. The molecule has 2 aromatic rings. The molecule has 0 unspecified atom stereocenters. The van der Waals surface area contributed by atoms with Gasteiger partial charge in [0, 0.05) is 0 Å². The number of carboxylic acids is 1. The molecule has 0 aliphatic carbocycles. The van der Waals surface area contributed by atoms with Crippen LogP contribution in [0.2, 0.25) is 0 Å². The van der Waals surface area contributed by atoms with Crippen molar-refractivity contribution >= 4 is 63.2 Å². The summed E-state index contributed by atoms with van der Waals surface area (Å²) in [6, 6.07) is 7.53. The summed E-state index contributed by atoms with van der Waals surface area (Å²) in [7, 11) is 0. The number of carboxylic acid groups (broad SMARTS) is 1. The second-order valence-corrected chi connectivity index (χ2v) is 7.36. The molecule has 26 heavy (non-hydrogen) atoms. The molecule has 0 aliphatic heterocycles. The van der Waals surface area contributed by atoms with Crippen LogP contribution in [0.4, 0.5) is 0 Å². The molecular weight excluding hydrogens is 566 g/mol. The number of halogens is 2. The van der Waals surface area contributed by atoms with Gasteiger partial charge in [0.2, 0.25) is 0 Å². The number of phenolic OH excluding ortho intramolecular Hbond substituents is 1. The van der Waals surface area contributed by atoms with Gasteiger partial charge >= 0.3 is 11.9 Å². The lowest BCUT2D eigenvalue weighted by molar-refractivity contribution is 0.0445. The summed E-state index contributed by atoms with van der Waals surface area (Å²) in [6.45, 7) is 3.68. The Hall–Kier alpha value is -1.82. The summed E-state index contributed by atoms with van der Waals surface area (Å²) in [6.07, 6.45) is 1.56. The Morgan fingerprint density at radius 3 is 2.35 bits per heavy atom. The standard InChI is InChI=1S/C18H14I2O6/c1-2-10-3-4-15(21)12(7-10)18(24)26-6-5-25-16-13(19)8-11(17(22)23)9-14(16)20/h2-4,7-9,21H,1,5-6H2,(H,22,23). The summed E-state index contributed by atoms with van der Waals surface area (Å²) in [5.74, 6) is -1.32. The van der Waals surface area contributed by atoms with E-state index in [0.717, 1.165) is 0 Å². The van der Waals surface area contributed by atoms with Crippen LogP contribution < -0.4 is 4.74 Å². The lowest BCUT2D eigenvalue weighted by atomic mass is 10.1. The Bertz CT molecular complexity index is 840. The Labute approximate surface area is 177 Å². The highest BCUT2D eigenvalue weighted by Gasteiger charge is 2.15. The van der Waals surface area contributed by atoms with Crippen LogP contribution >= 0.6 is 45.2 Å². The van der Waals surface area contributed by atoms with Gasteiger partial charge < -0.3 is 19.7 Å². The Morgan fingerprint density at radius 1 is 1.12 bits per heavy atom. The molecule has 0 aliphatic rings. The molecule has 0 spiro atoms. The van der Waals surface area contributed by atoms with Gasteiger partial charge in [0.1, 0.15) is 30.3 Å². The van der Waals surface area contributed by atoms with Crippen molar-refractivity contribution in [3.8, 4) is 11.5 Å². The predicted octanol–water partition coefficient (Wildman–Crippen LogP) is 4.18. The first kappa shape index (κ1) is 20.5. The van der Waals surface area contributed by atoms with Crippen LogP contribution in [0.5, 0.6) is 11.5 Å². The van der Waals surface area contributed by atoms with Crippen molar-refractivity contribution in [3.05, 3.63) is 60.7 Å². The van der Waals surface area contributed by atoms with Crippen LogP contribution in [-0.4, -0.2) is 35.4 Å². The van der Waals surface area contributed by atoms with Crippen molar-refractivity contribution in [2.75, 3.05) is 13.2 Å². The summed E-state index contributed by atoms with van der Waals surface area (Å²) in [4.78, 5) is 23.1. The van der Waals surface area contributed by atoms with E-state index in [1.54, 1.807) is 12.1 Å². The van der Waals surface area contributed by atoms with Gasteiger partial charge in [-0.05, 0) is 75.0 Å². The Kier molecular flexibility index (Phi) is 7.26. The van der Waals surface area contributed by atoms with E-state index in [2.05, 4.69) is 6.58 Å². The molecule has 0 fully saturated rings. The number of phenols is 1. The van der Waals surface area contributed by atoms with Crippen LogP contribution in [0.25, 0.3) is 6.08 Å². The van der Waals surface area contributed by atoms with Gasteiger partial charge in [-0.15, -0.1) is 0 Å². The number of hydrogen-bond donors (Lipinski definition) is 2. The third-order valence-corrected chi connectivity index (χ3v) is 4.89. The number of aromatic hydroxyl groups is 1. The molecule has 6 nitrogen and oxygen atoms in total. The second kappa shape index (κ2) is 9.21. The number of ether oxygens (including phenoxy) is 2. The molecule has 8 heteroatoms. The van der Waals surface area contributed by atoms with Crippen molar-refractivity contribution in [1.82, 2.24) is 0 Å². The maximum Gasteiger partial charge on any atom is 0.342 e. The summed E-state index contributed by atoms with van der Waals surface area (Å²) in [5, 5.41) is 18.8. The highest BCUT2D eigenvalue weighted by molar-refractivity contribution is 14.1. The van der Waals surface area contributed by atoms with E-state index in [4.69, 9.17) is 14.6 Å². The van der Waals surface area contributed by atoms with E-state index >= 15 is 0 Å². The molecule has 136 valence electrons. The average molecular weight is 580 g/mol. The molecule has 2 rings (SSSR count). The van der Waals surface area contributed by atoms with Crippen LogP contribution in [0, 0.1) is 7.14 Å². The lowest BCUT2D eigenvalue weighted by Crippen LogP contribution is -2.13. The fraction of sp³-hybridized carbons (Fsp3) is 0.111. The zero-order valence-electron chi connectivity index (χ0n) is 13.4. The van der Waals surface area contributed by atoms with E-state index in [1.165, 1.54) is 24.3 Å². The topological polar surface area (TPSA) is 93.1 Å². The third kappa shape index (κ3) is 5.10. The van der Waals surface area contributed by atoms with E-state index in [-0.39, 0.29) is 30.1 Å². The molecule has 0 aromatic heterocycles. The molecule has 2 aromatic carbocycles. The number of esters is 1. The van der Waals surface area contributed by atoms with Crippen molar-refractivity contribution in [2.45, 2.75) is 0 Å². The fourth-order valence-corrected chi connectivity index (χ4v) is 4.10. The van der Waals surface area contributed by atoms with Gasteiger partial charge in [0.05, 0.1) is 12.7 Å². The van der Waals surface area contributed by atoms with Crippen molar-refractivity contribution in [2.24, 2.45) is 0 Å². The molecule has 0 amide bonds. The first-order valence-corrected chi connectivity index (χ1v) is 9.47.